The van der Waals surface area contributed by atoms with Crippen LogP contribution in [0.25, 0.3) is 11.5 Å². The van der Waals surface area contributed by atoms with Gasteiger partial charge >= 0.3 is 0 Å². The number of hydrogen-bond acceptors (Lipinski definition) is 5. The maximum Gasteiger partial charge on any atom is 0.178 e. The van der Waals surface area contributed by atoms with Gasteiger partial charge < -0.3 is 5.32 Å². The molecule has 1 aliphatic carbocycles. The largest absolute Gasteiger partial charge is 0.317 e. The zero-order valence-electron chi connectivity index (χ0n) is 11.7. The van der Waals surface area contributed by atoms with Gasteiger partial charge in [-0.25, -0.2) is 19.9 Å². The van der Waals surface area contributed by atoms with Crippen molar-refractivity contribution in [2.75, 3.05) is 13.1 Å². The average Bonchev–Trinajstić information content (AvgIpc) is 2.53. The van der Waals surface area contributed by atoms with E-state index in [4.69, 9.17) is 0 Å². The summed E-state index contributed by atoms with van der Waals surface area (Å²) in [6, 6.07) is 1.85. The molecule has 3 rings (SSSR count). The lowest BCUT2D eigenvalue weighted by molar-refractivity contribution is 0.424. The quantitative estimate of drug-likeness (QED) is 0.914. The predicted molar refractivity (Wildman–Crippen MR) is 77.1 cm³/mol. The molecule has 1 N–H and O–H groups in total. The molecular weight excluding hydrogens is 250 g/mol. The summed E-state index contributed by atoms with van der Waals surface area (Å²) in [6.07, 6.45) is 8.53. The minimum absolute atomic E-state index is 0.705. The van der Waals surface area contributed by atoms with Crippen LogP contribution < -0.4 is 5.32 Å². The second-order valence-electron chi connectivity index (χ2n) is 5.18. The number of hydrogen-bond donors (Lipinski definition) is 1. The maximum atomic E-state index is 4.68. The topological polar surface area (TPSA) is 63.6 Å². The first-order chi connectivity index (χ1) is 9.86. The lowest BCUT2D eigenvalue weighted by atomic mass is 9.87. The van der Waals surface area contributed by atoms with Gasteiger partial charge in [-0.1, -0.05) is 6.92 Å². The molecule has 0 saturated heterocycles. The van der Waals surface area contributed by atoms with E-state index in [9.17, 15) is 0 Å². The summed E-state index contributed by atoms with van der Waals surface area (Å²) in [5, 5.41) is 3.43. The number of aryl methyl sites for hydroxylation is 1. The van der Waals surface area contributed by atoms with Crippen LogP contribution in [-0.4, -0.2) is 33.0 Å². The molecule has 0 radical (unpaired) electrons. The van der Waals surface area contributed by atoms with E-state index in [2.05, 4.69) is 32.2 Å². The van der Waals surface area contributed by atoms with Crippen molar-refractivity contribution < 1.29 is 0 Å². The molecule has 0 aromatic carbocycles. The second-order valence-corrected chi connectivity index (χ2v) is 5.18. The SMILES string of the molecule is CCNCC1CCc2nc(-c3ccncn3)ncc2C1. The van der Waals surface area contributed by atoms with Crippen molar-refractivity contribution in [1.29, 1.82) is 0 Å². The highest BCUT2D eigenvalue weighted by Gasteiger charge is 2.20. The Morgan fingerprint density at radius 1 is 1.35 bits per heavy atom. The van der Waals surface area contributed by atoms with Gasteiger partial charge in [0.25, 0.3) is 0 Å². The van der Waals surface area contributed by atoms with E-state index in [0.29, 0.717) is 11.7 Å². The Labute approximate surface area is 118 Å². The minimum Gasteiger partial charge on any atom is -0.317 e. The van der Waals surface area contributed by atoms with Crippen molar-refractivity contribution in [2.45, 2.75) is 26.2 Å². The lowest BCUT2D eigenvalue weighted by Crippen LogP contribution is -2.27. The Morgan fingerprint density at radius 3 is 3.10 bits per heavy atom. The number of nitrogens with one attached hydrogen (secondary N) is 1. The van der Waals surface area contributed by atoms with E-state index in [1.165, 1.54) is 24.0 Å². The molecule has 104 valence electrons. The van der Waals surface area contributed by atoms with Crippen molar-refractivity contribution in [3.05, 3.63) is 36.0 Å². The number of rotatable bonds is 4. The number of fused-ring (bicyclic) bond motifs is 1. The van der Waals surface area contributed by atoms with E-state index in [1.807, 2.05) is 12.3 Å². The summed E-state index contributed by atoms with van der Waals surface area (Å²) in [6.45, 7) is 4.27. The van der Waals surface area contributed by atoms with Gasteiger partial charge in [-0.05, 0) is 49.9 Å². The van der Waals surface area contributed by atoms with Crippen LogP contribution >= 0.6 is 0 Å². The Morgan fingerprint density at radius 2 is 2.30 bits per heavy atom. The molecule has 5 heteroatoms. The zero-order valence-corrected chi connectivity index (χ0v) is 11.7. The van der Waals surface area contributed by atoms with E-state index < -0.39 is 0 Å². The highest BCUT2D eigenvalue weighted by atomic mass is 14.9. The molecule has 0 bridgehead atoms. The standard InChI is InChI=1S/C15H19N5/c1-2-16-8-11-3-4-13-12(7-11)9-18-15(20-13)14-5-6-17-10-19-14/h5-6,9-11,16H,2-4,7-8H2,1H3. The summed E-state index contributed by atoms with van der Waals surface area (Å²) in [5.74, 6) is 1.41. The Balaban J connectivity index is 1.78. The van der Waals surface area contributed by atoms with Crippen molar-refractivity contribution >= 4 is 0 Å². The summed E-state index contributed by atoms with van der Waals surface area (Å²) >= 11 is 0. The minimum atomic E-state index is 0.705. The van der Waals surface area contributed by atoms with Crippen LogP contribution in [0.3, 0.4) is 0 Å². The molecule has 2 aromatic rings. The first kappa shape index (κ1) is 13.1. The fourth-order valence-corrected chi connectivity index (χ4v) is 2.65. The number of aromatic nitrogens is 4. The zero-order chi connectivity index (χ0) is 13.8. The third kappa shape index (κ3) is 2.82. The van der Waals surface area contributed by atoms with E-state index in [1.54, 1.807) is 6.20 Å². The molecule has 1 atom stereocenters. The van der Waals surface area contributed by atoms with Gasteiger partial charge in [0.1, 0.15) is 12.0 Å². The Kier molecular flexibility index (Phi) is 3.97. The molecule has 1 unspecified atom stereocenters. The Hall–Kier alpha value is -1.88. The van der Waals surface area contributed by atoms with Gasteiger partial charge in [-0.15, -0.1) is 0 Å². The van der Waals surface area contributed by atoms with Gasteiger partial charge in [-0.2, -0.15) is 0 Å². The highest BCUT2D eigenvalue weighted by Crippen LogP contribution is 2.24. The first-order valence-corrected chi connectivity index (χ1v) is 7.18. The van der Waals surface area contributed by atoms with Crippen LogP contribution in [0.4, 0.5) is 0 Å². The number of nitrogens with zero attached hydrogens (tertiary/aromatic N) is 4. The van der Waals surface area contributed by atoms with Gasteiger partial charge in [0.05, 0.1) is 0 Å². The van der Waals surface area contributed by atoms with Crippen molar-refractivity contribution in [3.8, 4) is 11.5 Å². The molecular formula is C15H19N5. The molecule has 20 heavy (non-hydrogen) atoms. The molecule has 0 amide bonds. The smallest absolute Gasteiger partial charge is 0.178 e. The van der Waals surface area contributed by atoms with Crippen molar-refractivity contribution in [1.82, 2.24) is 25.3 Å². The molecule has 1 aliphatic rings. The summed E-state index contributed by atoms with van der Waals surface area (Å²) in [7, 11) is 0. The normalized spacial score (nSPS) is 17.8. The molecule has 0 fully saturated rings. The molecule has 2 heterocycles. The highest BCUT2D eigenvalue weighted by molar-refractivity contribution is 5.48. The van der Waals surface area contributed by atoms with Crippen LogP contribution in [-0.2, 0) is 12.8 Å². The Bertz CT molecular complexity index is 570. The van der Waals surface area contributed by atoms with Crippen LogP contribution in [0, 0.1) is 5.92 Å². The fraction of sp³-hybridized carbons (Fsp3) is 0.467. The summed E-state index contributed by atoms with van der Waals surface area (Å²) in [4.78, 5) is 17.3. The summed E-state index contributed by atoms with van der Waals surface area (Å²) in [5.41, 5.74) is 3.26. The van der Waals surface area contributed by atoms with E-state index in [-0.39, 0.29) is 0 Å². The van der Waals surface area contributed by atoms with E-state index in [0.717, 1.165) is 31.6 Å². The lowest BCUT2D eigenvalue weighted by Gasteiger charge is -2.23. The molecule has 0 saturated carbocycles. The van der Waals surface area contributed by atoms with Crippen LogP contribution in [0.2, 0.25) is 0 Å². The van der Waals surface area contributed by atoms with E-state index >= 15 is 0 Å². The molecule has 0 aliphatic heterocycles. The molecule has 0 spiro atoms. The monoisotopic (exact) mass is 269 g/mol. The second kappa shape index (κ2) is 6.05. The van der Waals surface area contributed by atoms with Crippen molar-refractivity contribution in [3.63, 3.8) is 0 Å². The summed E-state index contributed by atoms with van der Waals surface area (Å²) < 4.78 is 0. The first-order valence-electron chi connectivity index (χ1n) is 7.18. The molecule has 5 nitrogen and oxygen atoms in total. The van der Waals surface area contributed by atoms with Gasteiger partial charge in [-0.3, -0.25) is 0 Å². The van der Waals surface area contributed by atoms with Gasteiger partial charge in [0, 0.05) is 18.1 Å². The van der Waals surface area contributed by atoms with Gasteiger partial charge in [0.15, 0.2) is 5.82 Å². The third-order valence-electron chi connectivity index (χ3n) is 3.75. The van der Waals surface area contributed by atoms with Crippen LogP contribution in [0.15, 0.2) is 24.8 Å². The third-order valence-corrected chi connectivity index (χ3v) is 3.75. The fourth-order valence-electron chi connectivity index (χ4n) is 2.65. The van der Waals surface area contributed by atoms with Crippen molar-refractivity contribution in [2.24, 2.45) is 5.92 Å². The van der Waals surface area contributed by atoms with Gasteiger partial charge in [0.2, 0.25) is 0 Å². The van der Waals surface area contributed by atoms with Crippen LogP contribution in [0.5, 0.6) is 0 Å². The predicted octanol–water partition coefficient (Wildman–Crippen LogP) is 1.65. The van der Waals surface area contributed by atoms with Crippen LogP contribution in [0.1, 0.15) is 24.6 Å². The molecule has 2 aromatic heterocycles. The maximum absolute atomic E-state index is 4.68. The average molecular weight is 269 g/mol.